The lowest BCUT2D eigenvalue weighted by molar-refractivity contribution is -0.384. The maximum absolute atomic E-state index is 10.8. The van der Waals surface area contributed by atoms with Crippen molar-refractivity contribution < 1.29 is 9.66 Å². The molecule has 0 radical (unpaired) electrons. The number of allylic oxidation sites excluding steroid dienone is 1. The van der Waals surface area contributed by atoms with E-state index in [2.05, 4.69) is 0 Å². The Labute approximate surface area is 127 Å². The van der Waals surface area contributed by atoms with Gasteiger partial charge < -0.3 is 4.74 Å². The van der Waals surface area contributed by atoms with Gasteiger partial charge in [-0.15, -0.1) is 0 Å². The summed E-state index contributed by atoms with van der Waals surface area (Å²) in [5.74, 6) is 0.707. The number of nitrogens with zero attached hydrogens (tertiary/aromatic N) is 1. The Balaban J connectivity index is 2.20. The first-order valence-corrected chi connectivity index (χ1v) is 6.77. The summed E-state index contributed by atoms with van der Waals surface area (Å²) in [5.41, 5.74) is 1.53. The third kappa shape index (κ3) is 3.83. The second-order valence-corrected chi connectivity index (χ2v) is 4.77. The Morgan fingerprint density at radius 3 is 2.76 bits per heavy atom. The van der Waals surface area contributed by atoms with Crippen LogP contribution in [0.3, 0.4) is 0 Å². The number of nitro groups is 1. The molecule has 108 valence electrons. The van der Waals surface area contributed by atoms with Crippen LogP contribution >= 0.6 is 11.6 Å². The fraction of sp³-hybridized carbons (Fsp3) is 0.125. The van der Waals surface area contributed by atoms with Gasteiger partial charge in [-0.05, 0) is 19.1 Å². The lowest BCUT2D eigenvalue weighted by atomic mass is 10.2. The van der Waals surface area contributed by atoms with Crippen molar-refractivity contribution in [1.29, 1.82) is 0 Å². The van der Waals surface area contributed by atoms with Crippen molar-refractivity contribution in [3.8, 4) is 5.75 Å². The summed E-state index contributed by atoms with van der Waals surface area (Å²) in [7, 11) is 0. The van der Waals surface area contributed by atoms with E-state index in [1.54, 1.807) is 0 Å². The van der Waals surface area contributed by atoms with Gasteiger partial charge in [0, 0.05) is 28.3 Å². The number of hydrogen-bond donors (Lipinski definition) is 0. The van der Waals surface area contributed by atoms with Gasteiger partial charge in [-0.3, -0.25) is 10.1 Å². The molecule has 0 saturated heterocycles. The molecular formula is C16H14ClNO3. The molecule has 0 aromatic heterocycles. The van der Waals surface area contributed by atoms with Gasteiger partial charge in [0.1, 0.15) is 12.4 Å². The van der Waals surface area contributed by atoms with Crippen molar-refractivity contribution in [2.45, 2.75) is 13.5 Å². The number of nitro benzene ring substituents is 1. The average Bonchev–Trinajstić information content (AvgIpc) is 2.48. The van der Waals surface area contributed by atoms with Crippen LogP contribution in [0.1, 0.15) is 18.1 Å². The summed E-state index contributed by atoms with van der Waals surface area (Å²) in [6.07, 6.45) is 3.85. The molecule has 0 aliphatic carbocycles. The van der Waals surface area contributed by atoms with Gasteiger partial charge >= 0.3 is 0 Å². The number of hydrogen-bond acceptors (Lipinski definition) is 3. The third-order valence-electron chi connectivity index (χ3n) is 2.89. The summed E-state index contributed by atoms with van der Waals surface area (Å²) >= 11 is 6.05. The highest BCUT2D eigenvalue weighted by Gasteiger charge is 2.10. The van der Waals surface area contributed by atoms with E-state index in [9.17, 15) is 10.1 Å². The molecule has 0 fully saturated rings. The number of rotatable bonds is 5. The van der Waals surface area contributed by atoms with Gasteiger partial charge in [-0.1, -0.05) is 42.0 Å². The Bertz CT molecular complexity index is 683. The summed E-state index contributed by atoms with van der Waals surface area (Å²) in [6.45, 7) is 2.10. The fourth-order valence-corrected chi connectivity index (χ4v) is 2.04. The van der Waals surface area contributed by atoms with E-state index < -0.39 is 4.92 Å². The van der Waals surface area contributed by atoms with Crippen molar-refractivity contribution in [3.63, 3.8) is 0 Å². The van der Waals surface area contributed by atoms with Crippen LogP contribution in [0.2, 0.25) is 5.02 Å². The molecule has 2 rings (SSSR count). The SMILES string of the molecule is C/C=C/c1ccccc1OCc1cc([N+](=O)[O-])ccc1Cl. The van der Waals surface area contributed by atoms with Crippen molar-refractivity contribution in [2.24, 2.45) is 0 Å². The van der Waals surface area contributed by atoms with E-state index in [0.717, 1.165) is 5.56 Å². The van der Waals surface area contributed by atoms with Gasteiger partial charge in [0.15, 0.2) is 0 Å². The molecule has 0 spiro atoms. The first-order valence-electron chi connectivity index (χ1n) is 6.39. The van der Waals surface area contributed by atoms with E-state index in [1.165, 1.54) is 18.2 Å². The molecule has 0 amide bonds. The van der Waals surface area contributed by atoms with E-state index in [-0.39, 0.29) is 12.3 Å². The van der Waals surface area contributed by atoms with Crippen LogP contribution in [0, 0.1) is 10.1 Å². The van der Waals surface area contributed by atoms with E-state index >= 15 is 0 Å². The highest BCUT2D eigenvalue weighted by molar-refractivity contribution is 6.31. The molecule has 0 aliphatic heterocycles. The molecule has 0 atom stereocenters. The van der Waals surface area contributed by atoms with Gasteiger partial charge in [0.05, 0.1) is 4.92 Å². The Hall–Kier alpha value is -2.33. The second kappa shape index (κ2) is 6.90. The maximum Gasteiger partial charge on any atom is 0.269 e. The minimum absolute atomic E-state index is 0.000242. The molecule has 5 heteroatoms. The molecule has 0 saturated carbocycles. The number of ether oxygens (including phenoxy) is 1. The van der Waals surface area contributed by atoms with Crippen molar-refractivity contribution in [2.75, 3.05) is 0 Å². The standard InChI is InChI=1S/C16H14ClNO3/c1-2-5-12-6-3-4-7-16(12)21-11-13-10-14(18(19)20)8-9-15(13)17/h2-10H,11H2,1H3/b5-2+. The minimum Gasteiger partial charge on any atom is -0.488 e. The quantitative estimate of drug-likeness (QED) is 0.585. The van der Waals surface area contributed by atoms with E-state index in [1.807, 2.05) is 43.3 Å². The summed E-state index contributed by atoms with van der Waals surface area (Å²) < 4.78 is 5.73. The average molecular weight is 304 g/mol. The molecule has 0 aliphatic rings. The van der Waals surface area contributed by atoms with Gasteiger partial charge in [-0.2, -0.15) is 0 Å². The normalized spacial score (nSPS) is 10.8. The zero-order valence-corrected chi connectivity index (χ0v) is 12.2. The minimum atomic E-state index is -0.451. The Morgan fingerprint density at radius 2 is 2.05 bits per heavy atom. The van der Waals surface area contributed by atoms with Crippen molar-refractivity contribution in [1.82, 2.24) is 0 Å². The second-order valence-electron chi connectivity index (χ2n) is 4.36. The van der Waals surface area contributed by atoms with Crippen LogP contribution in [-0.2, 0) is 6.61 Å². The number of halogens is 1. The maximum atomic E-state index is 10.8. The number of non-ortho nitro benzene ring substituents is 1. The first kappa shape index (κ1) is 15.1. The highest BCUT2D eigenvalue weighted by atomic mass is 35.5. The van der Waals surface area contributed by atoms with Crippen LogP contribution in [0.4, 0.5) is 5.69 Å². The molecule has 0 heterocycles. The topological polar surface area (TPSA) is 52.4 Å². The molecule has 0 N–H and O–H groups in total. The largest absolute Gasteiger partial charge is 0.488 e. The van der Waals surface area contributed by atoms with Crippen LogP contribution < -0.4 is 4.74 Å². The van der Waals surface area contributed by atoms with Gasteiger partial charge in [0.2, 0.25) is 0 Å². The molecule has 2 aromatic carbocycles. The smallest absolute Gasteiger partial charge is 0.269 e. The van der Waals surface area contributed by atoms with Crippen LogP contribution in [0.5, 0.6) is 5.75 Å². The summed E-state index contributed by atoms with van der Waals surface area (Å²) in [6, 6.07) is 11.9. The zero-order valence-electron chi connectivity index (χ0n) is 11.5. The molecule has 2 aromatic rings. The third-order valence-corrected chi connectivity index (χ3v) is 3.26. The molecule has 21 heavy (non-hydrogen) atoms. The predicted octanol–water partition coefficient (Wildman–Crippen LogP) is 4.86. The molecule has 0 bridgehead atoms. The highest BCUT2D eigenvalue weighted by Crippen LogP contribution is 2.25. The van der Waals surface area contributed by atoms with Gasteiger partial charge in [0.25, 0.3) is 5.69 Å². The lowest BCUT2D eigenvalue weighted by Gasteiger charge is -2.10. The predicted molar refractivity (Wildman–Crippen MR) is 83.6 cm³/mol. The fourth-order valence-electron chi connectivity index (χ4n) is 1.87. The molecular weight excluding hydrogens is 290 g/mol. The Morgan fingerprint density at radius 1 is 1.29 bits per heavy atom. The van der Waals surface area contributed by atoms with E-state index in [4.69, 9.17) is 16.3 Å². The van der Waals surface area contributed by atoms with Crippen LogP contribution in [0.25, 0.3) is 6.08 Å². The number of benzene rings is 2. The lowest BCUT2D eigenvalue weighted by Crippen LogP contribution is -1.99. The monoisotopic (exact) mass is 303 g/mol. The first-order chi connectivity index (χ1) is 10.1. The van der Waals surface area contributed by atoms with Gasteiger partial charge in [-0.25, -0.2) is 0 Å². The summed E-state index contributed by atoms with van der Waals surface area (Å²) in [4.78, 5) is 10.3. The van der Waals surface area contributed by atoms with E-state index in [0.29, 0.717) is 16.3 Å². The molecule has 0 unspecified atom stereocenters. The number of para-hydroxylation sites is 1. The van der Waals surface area contributed by atoms with Crippen LogP contribution in [-0.4, -0.2) is 4.92 Å². The van der Waals surface area contributed by atoms with Crippen LogP contribution in [0.15, 0.2) is 48.5 Å². The zero-order chi connectivity index (χ0) is 15.2. The summed E-state index contributed by atoms with van der Waals surface area (Å²) in [5, 5.41) is 11.2. The molecule has 4 nitrogen and oxygen atoms in total. The van der Waals surface area contributed by atoms with Crippen molar-refractivity contribution in [3.05, 3.63) is 74.8 Å². The Kier molecular flexibility index (Phi) is 4.95. The van der Waals surface area contributed by atoms with Crippen molar-refractivity contribution >= 4 is 23.4 Å².